The second-order valence-electron chi connectivity index (χ2n) is 5.12. The molecule has 0 aromatic heterocycles. The molecule has 1 aliphatic heterocycles. The summed E-state index contributed by atoms with van der Waals surface area (Å²) in [7, 11) is -3.53. The van der Waals surface area contributed by atoms with Gasteiger partial charge in [-0.05, 0) is 44.4 Å². The van der Waals surface area contributed by atoms with Crippen LogP contribution in [0.5, 0.6) is 0 Å². The predicted octanol–water partition coefficient (Wildman–Crippen LogP) is 1.77. The first-order chi connectivity index (χ1) is 9.45. The molecule has 0 radical (unpaired) electrons. The highest BCUT2D eigenvalue weighted by atomic mass is 32.2. The Hall–Kier alpha value is -1.11. The Morgan fingerprint density at radius 1 is 1.45 bits per heavy atom. The van der Waals surface area contributed by atoms with Gasteiger partial charge in [-0.25, -0.2) is 8.42 Å². The fourth-order valence-electron chi connectivity index (χ4n) is 2.54. The number of nitrogen functional groups attached to an aromatic ring is 1. The fourth-order valence-corrected chi connectivity index (χ4v) is 4.14. The second kappa shape index (κ2) is 6.11. The van der Waals surface area contributed by atoms with Gasteiger partial charge in [-0.1, -0.05) is 6.07 Å². The summed E-state index contributed by atoms with van der Waals surface area (Å²) in [5.74, 6) is 0. The summed E-state index contributed by atoms with van der Waals surface area (Å²) in [6.45, 7) is 5.35. The van der Waals surface area contributed by atoms with E-state index in [0.29, 0.717) is 25.4 Å². The Morgan fingerprint density at radius 3 is 2.85 bits per heavy atom. The zero-order valence-electron chi connectivity index (χ0n) is 12.0. The van der Waals surface area contributed by atoms with Crippen molar-refractivity contribution in [1.29, 1.82) is 0 Å². The summed E-state index contributed by atoms with van der Waals surface area (Å²) in [5, 5.41) is 0. The Kier molecular flexibility index (Phi) is 4.67. The van der Waals surface area contributed by atoms with E-state index in [1.165, 1.54) is 4.31 Å². The zero-order chi connectivity index (χ0) is 14.8. The minimum Gasteiger partial charge on any atom is -0.398 e. The lowest BCUT2D eigenvalue weighted by molar-refractivity contribution is 0.0265. The Morgan fingerprint density at radius 2 is 2.20 bits per heavy atom. The second-order valence-corrected chi connectivity index (χ2v) is 7.03. The molecular weight excluding hydrogens is 276 g/mol. The standard InChI is InChI=1S/C14H22N2O3S/c1-3-19-12-5-4-8-16(10-12)20(17,18)14-7-6-11(2)9-13(14)15/h6-7,9,12H,3-5,8,10,15H2,1-2H3. The average molecular weight is 298 g/mol. The topological polar surface area (TPSA) is 72.6 Å². The number of nitrogens with two attached hydrogens (primary N) is 1. The number of aryl methyl sites for hydroxylation is 1. The number of sulfonamides is 1. The number of hydrogen-bond acceptors (Lipinski definition) is 4. The van der Waals surface area contributed by atoms with Gasteiger partial charge >= 0.3 is 0 Å². The molecule has 112 valence electrons. The van der Waals surface area contributed by atoms with E-state index in [0.717, 1.165) is 18.4 Å². The number of benzene rings is 1. The normalized spacial score (nSPS) is 21.0. The highest BCUT2D eigenvalue weighted by Crippen LogP contribution is 2.26. The summed E-state index contributed by atoms with van der Waals surface area (Å²) >= 11 is 0. The lowest BCUT2D eigenvalue weighted by atomic mass is 10.1. The van der Waals surface area contributed by atoms with Gasteiger partial charge in [0.05, 0.1) is 11.8 Å². The van der Waals surface area contributed by atoms with E-state index in [1.807, 2.05) is 13.8 Å². The van der Waals surface area contributed by atoms with Crippen molar-refractivity contribution in [2.24, 2.45) is 0 Å². The molecule has 0 spiro atoms. The van der Waals surface area contributed by atoms with Crippen molar-refractivity contribution in [2.45, 2.75) is 37.7 Å². The van der Waals surface area contributed by atoms with Crippen molar-refractivity contribution >= 4 is 15.7 Å². The van der Waals surface area contributed by atoms with E-state index in [9.17, 15) is 8.42 Å². The van der Waals surface area contributed by atoms with E-state index >= 15 is 0 Å². The minimum atomic E-state index is -3.53. The van der Waals surface area contributed by atoms with Crippen molar-refractivity contribution in [3.05, 3.63) is 23.8 Å². The Balaban J connectivity index is 2.25. The summed E-state index contributed by atoms with van der Waals surface area (Å²) in [6.07, 6.45) is 1.70. The number of rotatable bonds is 4. The molecule has 1 saturated heterocycles. The van der Waals surface area contributed by atoms with Gasteiger partial charge in [0.25, 0.3) is 0 Å². The Bertz CT molecular complexity index is 570. The van der Waals surface area contributed by atoms with Crippen molar-refractivity contribution in [1.82, 2.24) is 4.31 Å². The van der Waals surface area contributed by atoms with Crippen LogP contribution in [-0.2, 0) is 14.8 Å². The molecule has 2 rings (SSSR count). The van der Waals surface area contributed by atoms with Crippen LogP contribution in [0.3, 0.4) is 0 Å². The molecule has 1 fully saturated rings. The average Bonchev–Trinajstić information content (AvgIpc) is 2.39. The first kappa shape index (κ1) is 15.3. The van der Waals surface area contributed by atoms with Crippen molar-refractivity contribution < 1.29 is 13.2 Å². The quantitative estimate of drug-likeness (QED) is 0.860. The first-order valence-corrected chi connectivity index (χ1v) is 8.37. The fraction of sp³-hybridized carbons (Fsp3) is 0.571. The van der Waals surface area contributed by atoms with Crippen LogP contribution >= 0.6 is 0 Å². The molecule has 1 aromatic rings. The van der Waals surface area contributed by atoms with Crippen LogP contribution in [0.1, 0.15) is 25.3 Å². The maximum Gasteiger partial charge on any atom is 0.245 e. The van der Waals surface area contributed by atoms with Crippen molar-refractivity contribution in [3.63, 3.8) is 0 Å². The smallest absolute Gasteiger partial charge is 0.245 e. The third-order valence-corrected chi connectivity index (χ3v) is 5.47. The largest absolute Gasteiger partial charge is 0.398 e. The lowest BCUT2D eigenvalue weighted by Crippen LogP contribution is -2.43. The summed E-state index contributed by atoms with van der Waals surface area (Å²) in [4.78, 5) is 0.195. The van der Waals surface area contributed by atoms with E-state index < -0.39 is 10.0 Å². The monoisotopic (exact) mass is 298 g/mol. The molecule has 5 nitrogen and oxygen atoms in total. The third-order valence-electron chi connectivity index (χ3n) is 3.53. The van der Waals surface area contributed by atoms with Gasteiger partial charge in [-0.3, -0.25) is 0 Å². The van der Waals surface area contributed by atoms with Crippen LogP contribution in [0.4, 0.5) is 5.69 Å². The van der Waals surface area contributed by atoms with Gasteiger partial charge in [-0.15, -0.1) is 0 Å². The molecular formula is C14H22N2O3S. The molecule has 0 bridgehead atoms. The molecule has 0 aliphatic carbocycles. The number of hydrogen-bond donors (Lipinski definition) is 1. The lowest BCUT2D eigenvalue weighted by Gasteiger charge is -2.31. The van der Waals surface area contributed by atoms with Gasteiger partial charge in [0.2, 0.25) is 10.0 Å². The number of anilines is 1. The van der Waals surface area contributed by atoms with Crippen LogP contribution in [0.15, 0.2) is 23.1 Å². The van der Waals surface area contributed by atoms with Crippen LogP contribution in [0.2, 0.25) is 0 Å². The van der Waals surface area contributed by atoms with E-state index in [4.69, 9.17) is 10.5 Å². The van der Waals surface area contributed by atoms with E-state index in [1.54, 1.807) is 18.2 Å². The predicted molar refractivity (Wildman–Crippen MR) is 79.0 cm³/mol. The van der Waals surface area contributed by atoms with Gasteiger partial charge in [0, 0.05) is 19.7 Å². The van der Waals surface area contributed by atoms with Crippen LogP contribution in [-0.4, -0.2) is 38.5 Å². The molecule has 2 N–H and O–H groups in total. The van der Waals surface area contributed by atoms with Crippen LogP contribution in [0.25, 0.3) is 0 Å². The van der Waals surface area contributed by atoms with E-state index in [-0.39, 0.29) is 11.0 Å². The number of piperidine rings is 1. The molecule has 1 aromatic carbocycles. The summed E-state index contributed by atoms with van der Waals surface area (Å²) in [6, 6.07) is 5.05. The van der Waals surface area contributed by atoms with E-state index in [2.05, 4.69) is 0 Å². The van der Waals surface area contributed by atoms with Gasteiger partial charge in [0.15, 0.2) is 0 Å². The van der Waals surface area contributed by atoms with Gasteiger partial charge in [0.1, 0.15) is 4.90 Å². The molecule has 0 saturated carbocycles. The molecule has 1 heterocycles. The molecule has 1 unspecified atom stereocenters. The van der Waals surface area contributed by atoms with Gasteiger partial charge < -0.3 is 10.5 Å². The molecule has 1 aliphatic rings. The summed E-state index contributed by atoms with van der Waals surface area (Å²) < 4.78 is 32.4. The highest BCUT2D eigenvalue weighted by Gasteiger charge is 2.31. The molecule has 20 heavy (non-hydrogen) atoms. The minimum absolute atomic E-state index is 0.0183. The highest BCUT2D eigenvalue weighted by molar-refractivity contribution is 7.89. The van der Waals surface area contributed by atoms with Crippen molar-refractivity contribution in [3.8, 4) is 0 Å². The maximum absolute atomic E-state index is 12.7. The number of nitrogens with zero attached hydrogens (tertiary/aromatic N) is 1. The third kappa shape index (κ3) is 3.13. The molecule has 6 heteroatoms. The SMILES string of the molecule is CCOC1CCCN(S(=O)(=O)c2ccc(C)cc2N)C1. The number of ether oxygens (including phenoxy) is 1. The molecule has 1 atom stereocenters. The van der Waals surface area contributed by atoms with Crippen molar-refractivity contribution in [2.75, 3.05) is 25.4 Å². The summed E-state index contributed by atoms with van der Waals surface area (Å²) in [5.41, 5.74) is 7.13. The van der Waals surface area contributed by atoms with Crippen LogP contribution < -0.4 is 5.73 Å². The maximum atomic E-state index is 12.7. The zero-order valence-corrected chi connectivity index (χ0v) is 12.8. The first-order valence-electron chi connectivity index (χ1n) is 6.93. The van der Waals surface area contributed by atoms with Crippen LogP contribution in [0, 0.1) is 6.92 Å². The Labute approximate surface area is 120 Å². The van der Waals surface area contributed by atoms with Gasteiger partial charge in [-0.2, -0.15) is 4.31 Å². The molecule has 0 amide bonds.